The fraction of sp³-hybridized carbons (Fsp3) is 0.550. The van der Waals surface area contributed by atoms with E-state index in [1.807, 2.05) is 6.07 Å². The number of nitrogens with zero attached hydrogens (tertiary/aromatic N) is 6. The molecule has 10 nitrogen and oxygen atoms in total. The SMILES string of the molecule is CC(=O)NCc1ccc(S(=O)(=O)N2CCN(c3cc(N4CCN(C)CC4)ncn3)CC2)s1. The Balaban J connectivity index is 1.38. The molecule has 2 aliphatic heterocycles. The lowest BCUT2D eigenvalue weighted by Gasteiger charge is -2.36. The van der Waals surface area contributed by atoms with E-state index in [0.29, 0.717) is 36.9 Å². The molecule has 2 aliphatic rings. The molecule has 0 aliphatic carbocycles. The van der Waals surface area contributed by atoms with Crippen molar-refractivity contribution in [3.63, 3.8) is 0 Å². The average molecular weight is 480 g/mol. The predicted octanol–water partition coefficient (Wildman–Crippen LogP) is 0.437. The van der Waals surface area contributed by atoms with E-state index in [1.54, 1.807) is 18.5 Å². The third kappa shape index (κ3) is 5.20. The van der Waals surface area contributed by atoms with E-state index in [4.69, 9.17) is 0 Å². The molecule has 2 aromatic heterocycles. The minimum Gasteiger partial charge on any atom is -0.354 e. The third-order valence-electron chi connectivity index (χ3n) is 5.77. The van der Waals surface area contributed by atoms with E-state index in [1.165, 1.54) is 22.6 Å². The van der Waals surface area contributed by atoms with E-state index in [-0.39, 0.29) is 5.91 Å². The molecule has 0 spiro atoms. The molecule has 2 aromatic rings. The van der Waals surface area contributed by atoms with Gasteiger partial charge in [-0.15, -0.1) is 11.3 Å². The number of aromatic nitrogens is 2. The van der Waals surface area contributed by atoms with Gasteiger partial charge in [0.1, 0.15) is 22.2 Å². The quantitative estimate of drug-likeness (QED) is 0.637. The first-order valence-corrected chi connectivity index (χ1v) is 12.9. The average Bonchev–Trinajstić information content (AvgIpc) is 3.28. The molecule has 0 atom stereocenters. The molecule has 0 unspecified atom stereocenters. The maximum absolute atomic E-state index is 13.1. The molecule has 0 saturated carbocycles. The van der Waals surface area contributed by atoms with Gasteiger partial charge in [-0.1, -0.05) is 0 Å². The van der Waals surface area contributed by atoms with Crippen LogP contribution in [0.1, 0.15) is 11.8 Å². The van der Waals surface area contributed by atoms with E-state index in [0.717, 1.165) is 42.7 Å². The Bertz CT molecular complexity index is 1040. The highest BCUT2D eigenvalue weighted by Gasteiger charge is 2.30. The second-order valence-electron chi connectivity index (χ2n) is 8.05. The van der Waals surface area contributed by atoms with Crippen LogP contribution in [0.3, 0.4) is 0 Å². The van der Waals surface area contributed by atoms with Crippen molar-refractivity contribution in [1.29, 1.82) is 0 Å². The molecule has 0 bridgehead atoms. The minimum absolute atomic E-state index is 0.139. The maximum Gasteiger partial charge on any atom is 0.252 e. The second-order valence-corrected chi connectivity index (χ2v) is 11.4. The molecule has 4 heterocycles. The van der Waals surface area contributed by atoms with E-state index in [2.05, 4.69) is 37.0 Å². The van der Waals surface area contributed by atoms with Crippen molar-refractivity contribution in [2.45, 2.75) is 17.7 Å². The van der Waals surface area contributed by atoms with Crippen LogP contribution in [0.2, 0.25) is 0 Å². The van der Waals surface area contributed by atoms with Crippen LogP contribution in [-0.2, 0) is 21.4 Å². The smallest absolute Gasteiger partial charge is 0.252 e. The number of carbonyl (C=O) groups is 1. The fourth-order valence-electron chi connectivity index (χ4n) is 3.81. The van der Waals surface area contributed by atoms with Crippen molar-refractivity contribution in [2.24, 2.45) is 0 Å². The van der Waals surface area contributed by atoms with Gasteiger partial charge >= 0.3 is 0 Å². The summed E-state index contributed by atoms with van der Waals surface area (Å²) in [6, 6.07) is 5.38. The maximum atomic E-state index is 13.1. The minimum atomic E-state index is -3.55. The fourth-order valence-corrected chi connectivity index (χ4v) is 6.68. The predicted molar refractivity (Wildman–Crippen MR) is 125 cm³/mol. The van der Waals surface area contributed by atoms with Crippen LogP contribution in [0.25, 0.3) is 0 Å². The first kappa shape index (κ1) is 22.9. The zero-order valence-electron chi connectivity index (χ0n) is 18.4. The highest BCUT2D eigenvalue weighted by atomic mass is 32.2. The summed E-state index contributed by atoms with van der Waals surface area (Å²) in [5.74, 6) is 1.61. The van der Waals surface area contributed by atoms with Gasteiger partial charge in [0, 0.05) is 70.2 Å². The Kier molecular flexibility index (Phi) is 6.93. The van der Waals surface area contributed by atoms with E-state index < -0.39 is 10.0 Å². The number of rotatable bonds is 6. The molecule has 0 radical (unpaired) electrons. The molecular weight excluding hydrogens is 450 g/mol. The van der Waals surface area contributed by atoms with E-state index in [9.17, 15) is 13.2 Å². The van der Waals surface area contributed by atoms with Gasteiger partial charge in [0.25, 0.3) is 10.0 Å². The number of nitrogens with one attached hydrogen (secondary N) is 1. The number of thiophene rings is 1. The standard InChI is InChI=1S/C20H29N7O3S2/c1-16(28)21-14-17-3-4-20(31-17)32(29,30)27-11-9-26(10-12-27)19-13-18(22-15-23-19)25-7-5-24(2)6-8-25/h3-4,13,15H,5-12,14H2,1-2H3,(H,21,28). The van der Waals surface area contributed by atoms with E-state index >= 15 is 0 Å². The van der Waals surface area contributed by atoms with Gasteiger partial charge in [-0.05, 0) is 19.2 Å². The van der Waals surface area contributed by atoms with Crippen LogP contribution in [0.5, 0.6) is 0 Å². The summed E-state index contributed by atoms with van der Waals surface area (Å²) in [7, 11) is -1.43. The summed E-state index contributed by atoms with van der Waals surface area (Å²) in [5.41, 5.74) is 0. The lowest BCUT2D eigenvalue weighted by Crippen LogP contribution is -2.49. The van der Waals surface area contributed by atoms with Crippen LogP contribution in [0.4, 0.5) is 11.6 Å². The molecule has 0 aromatic carbocycles. The van der Waals surface area contributed by atoms with Crippen molar-refractivity contribution < 1.29 is 13.2 Å². The Morgan fingerprint density at radius 2 is 1.59 bits per heavy atom. The summed E-state index contributed by atoms with van der Waals surface area (Å²) in [4.78, 5) is 27.5. The molecule has 4 rings (SSSR count). The molecule has 2 fully saturated rings. The van der Waals surface area contributed by atoms with Crippen molar-refractivity contribution in [1.82, 2.24) is 24.5 Å². The molecule has 1 amide bonds. The largest absolute Gasteiger partial charge is 0.354 e. The highest BCUT2D eigenvalue weighted by molar-refractivity contribution is 7.91. The summed E-state index contributed by atoms with van der Waals surface area (Å²) in [6.07, 6.45) is 1.59. The monoisotopic (exact) mass is 479 g/mol. The third-order valence-corrected chi connectivity index (χ3v) is 9.22. The summed E-state index contributed by atoms with van der Waals surface area (Å²) >= 11 is 1.20. The van der Waals surface area contributed by atoms with Gasteiger partial charge in [0.05, 0.1) is 6.54 Å². The van der Waals surface area contributed by atoms with Gasteiger partial charge in [0.15, 0.2) is 0 Å². The number of sulfonamides is 1. The number of anilines is 2. The summed E-state index contributed by atoms with van der Waals surface area (Å²) in [6.45, 7) is 7.60. The van der Waals surface area contributed by atoms with Crippen molar-refractivity contribution in [3.05, 3.63) is 29.4 Å². The zero-order chi connectivity index (χ0) is 22.7. The lowest BCUT2D eigenvalue weighted by molar-refractivity contribution is -0.119. The van der Waals surface area contributed by atoms with Crippen LogP contribution in [-0.4, -0.2) is 92.9 Å². The second kappa shape index (κ2) is 9.69. The zero-order valence-corrected chi connectivity index (χ0v) is 20.0. The Morgan fingerprint density at radius 3 is 2.19 bits per heavy atom. The summed E-state index contributed by atoms with van der Waals surface area (Å²) < 4.78 is 28.0. The van der Waals surface area contributed by atoms with Gasteiger partial charge in [-0.25, -0.2) is 18.4 Å². The Morgan fingerprint density at radius 1 is 1.00 bits per heavy atom. The molecule has 174 valence electrons. The van der Waals surface area contributed by atoms with Crippen LogP contribution in [0.15, 0.2) is 28.7 Å². The first-order chi connectivity index (χ1) is 15.3. The molecule has 1 N–H and O–H groups in total. The number of likely N-dealkylation sites (N-methyl/N-ethyl adjacent to an activating group) is 1. The number of piperazine rings is 2. The Labute approximate surface area is 192 Å². The van der Waals surface area contributed by atoms with Crippen LogP contribution < -0.4 is 15.1 Å². The number of hydrogen-bond donors (Lipinski definition) is 1. The van der Waals surface area contributed by atoms with Gasteiger partial charge in [0.2, 0.25) is 5.91 Å². The lowest BCUT2D eigenvalue weighted by atomic mass is 10.3. The normalized spacial score (nSPS) is 18.7. The topological polar surface area (TPSA) is 102 Å². The van der Waals surface area contributed by atoms with Gasteiger partial charge in [-0.3, -0.25) is 4.79 Å². The van der Waals surface area contributed by atoms with Crippen LogP contribution >= 0.6 is 11.3 Å². The summed E-state index contributed by atoms with van der Waals surface area (Å²) in [5, 5.41) is 2.70. The highest BCUT2D eigenvalue weighted by Crippen LogP contribution is 2.27. The number of amides is 1. The Hall–Kier alpha value is -2.28. The first-order valence-electron chi connectivity index (χ1n) is 10.7. The van der Waals surface area contributed by atoms with Crippen LogP contribution in [0, 0.1) is 0 Å². The van der Waals surface area contributed by atoms with Crippen molar-refractivity contribution in [3.8, 4) is 0 Å². The molecule has 2 saturated heterocycles. The van der Waals surface area contributed by atoms with Gasteiger partial charge in [-0.2, -0.15) is 4.31 Å². The number of hydrogen-bond acceptors (Lipinski definition) is 9. The number of carbonyl (C=O) groups excluding carboxylic acids is 1. The molecule has 32 heavy (non-hydrogen) atoms. The molecule has 12 heteroatoms. The molecular formula is C20H29N7O3S2. The van der Waals surface area contributed by atoms with Gasteiger partial charge < -0.3 is 20.0 Å². The van der Waals surface area contributed by atoms with Crippen molar-refractivity contribution in [2.75, 3.05) is 69.2 Å². The van der Waals surface area contributed by atoms with Crippen molar-refractivity contribution >= 4 is 38.9 Å².